The van der Waals surface area contributed by atoms with E-state index in [2.05, 4.69) is 38.0 Å². The van der Waals surface area contributed by atoms with Crippen LogP contribution in [-0.4, -0.2) is 26.3 Å². The largest absolute Gasteiger partial charge is 0.364 e. The van der Waals surface area contributed by atoms with Crippen LogP contribution in [0.15, 0.2) is 54.7 Å². The summed E-state index contributed by atoms with van der Waals surface area (Å²) in [5, 5.41) is 7.28. The van der Waals surface area contributed by atoms with Crippen molar-refractivity contribution in [2.75, 3.05) is 5.32 Å². The van der Waals surface area contributed by atoms with E-state index in [0.29, 0.717) is 24.0 Å². The lowest BCUT2D eigenvalue weighted by atomic mass is 10.1. The number of carbonyl (C=O) groups is 1. The van der Waals surface area contributed by atoms with Crippen LogP contribution in [0, 0.1) is 6.92 Å². The average Bonchev–Trinajstić information content (AvgIpc) is 3.41. The molecule has 0 aliphatic heterocycles. The van der Waals surface area contributed by atoms with E-state index in [4.69, 9.17) is 0 Å². The summed E-state index contributed by atoms with van der Waals surface area (Å²) in [7, 11) is 0. The van der Waals surface area contributed by atoms with Crippen LogP contribution in [0.1, 0.15) is 34.6 Å². The van der Waals surface area contributed by atoms with Crippen LogP contribution in [0.2, 0.25) is 0 Å². The molecule has 140 valence electrons. The lowest BCUT2D eigenvalue weighted by Gasteiger charge is -2.11. The van der Waals surface area contributed by atoms with Crippen LogP contribution in [0.25, 0.3) is 16.6 Å². The second-order valence-corrected chi connectivity index (χ2v) is 7.30. The van der Waals surface area contributed by atoms with Crippen molar-refractivity contribution in [3.63, 3.8) is 0 Å². The number of anilines is 1. The zero-order chi connectivity index (χ0) is 19.1. The Kier molecular flexibility index (Phi) is 3.97. The second kappa shape index (κ2) is 6.64. The number of benzene rings is 1. The molecule has 4 aromatic rings. The number of hydrogen-bond acceptors (Lipinski definition) is 4. The van der Waals surface area contributed by atoms with Gasteiger partial charge in [-0.1, -0.05) is 24.3 Å². The number of pyridine rings is 2. The predicted octanol–water partition coefficient (Wildman–Crippen LogP) is 3.70. The third-order valence-electron chi connectivity index (χ3n) is 5.07. The SMILES string of the molecule is Cc1cccc2nc(CNc3cc(C(=O)NC4CC4)c4ccccc4n3)cn12. The zero-order valence-electron chi connectivity index (χ0n) is 15.6. The summed E-state index contributed by atoms with van der Waals surface area (Å²) in [6.07, 6.45) is 4.15. The van der Waals surface area contributed by atoms with Crippen molar-refractivity contribution < 1.29 is 4.79 Å². The standard InChI is InChI=1S/C22H21N5O/c1-14-5-4-8-21-24-16(13-27(14)21)12-23-20-11-18(22(28)25-15-9-10-15)17-6-2-3-7-19(17)26-20/h2-8,11,13,15H,9-10,12H2,1H3,(H,23,26)(H,25,28). The topological polar surface area (TPSA) is 71.3 Å². The number of imidazole rings is 1. The number of fused-ring (bicyclic) bond motifs is 2. The smallest absolute Gasteiger partial charge is 0.252 e. The van der Waals surface area contributed by atoms with Crippen molar-refractivity contribution in [3.8, 4) is 0 Å². The van der Waals surface area contributed by atoms with Crippen LogP contribution < -0.4 is 10.6 Å². The van der Waals surface area contributed by atoms with E-state index in [1.807, 2.05) is 48.7 Å². The van der Waals surface area contributed by atoms with Crippen LogP contribution in [0.4, 0.5) is 5.82 Å². The highest BCUT2D eigenvalue weighted by molar-refractivity contribution is 6.07. The molecule has 2 N–H and O–H groups in total. The van der Waals surface area contributed by atoms with Gasteiger partial charge in [0.2, 0.25) is 0 Å². The van der Waals surface area contributed by atoms with Crippen molar-refractivity contribution in [3.05, 3.63) is 71.7 Å². The van der Waals surface area contributed by atoms with Crippen molar-refractivity contribution in [1.82, 2.24) is 19.7 Å². The Morgan fingerprint density at radius 2 is 2.00 bits per heavy atom. The summed E-state index contributed by atoms with van der Waals surface area (Å²) in [5.74, 6) is 0.640. The lowest BCUT2D eigenvalue weighted by molar-refractivity contribution is 0.0952. The summed E-state index contributed by atoms with van der Waals surface area (Å²) in [6, 6.07) is 16.0. The summed E-state index contributed by atoms with van der Waals surface area (Å²) < 4.78 is 2.07. The first-order chi connectivity index (χ1) is 13.7. The Bertz CT molecular complexity index is 1190. The van der Waals surface area contributed by atoms with E-state index in [1.54, 1.807) is 0 Å². The van der Waals surface area contributed by atoms with E-state index in [0.717, 1.165) is 40.8 Å². The molecule has 6 nitrogen and oxygen atoms in total. The Morgan fingerprint density at radius 1 is 1.14 bits per heavy atom. The van der Waals surface area contributed by atoms with Gasteiger partial charge in [0, 0.05) is 23.3 Å². The highest BCUT2D eigenvalue weighted by Crippen LogP contribution is 2.24. The third-order valence-corrected chi connectivity index (χ3v) is 5.07. The molecule has 1 fully saturated rings. The number of carbonyl (C=O) groups excluding carboxylic acids is 1. The first-order valence-electron chi connectivity index (χ1n) is 9.55. The van der Waals surface area contributed by atoms with E-state index < -0.39 is 0 Å². The van der Waals surface area contributed by atoms with Crippen LogP contribution in [0.3, 0.4) is 0 Å². The fraction of sp³-hybridized carbons (Fsp3) is 0.227. The molecule has 3 aromatic heterocycles. The van der Waals surface area contributed by atoms with Gasteiger partial charge in [-0.3, -0.25) is 4.79 Å². The van der Waals surface area contributed by atoms with Gasteiger partial charge >= 0.3 is 0 Å². The molecule has 6 heteroatoms. The normalized spacial score (nSPS) is 13.8. The molecule has 0 spiro atoms. The molecule has 0 radical (unpaired) electrons. The Morgan fingerprint density at radius 3 is 2.82 bits per heavy atom. The molecule has 3 heterocycles. The third kappa shape index (κ3) is 3.17. The number of amides is 1. The fourth-order valence-corrected chi connectivity index (χ4v) is 3.41. The minimum Gasteiger partial charge on any atom is -0.364 e. The van der Waals surface area contributed by atoms with Gasteiger partial charge in [-0.15, -0.1) is 0 Å². The molecule has 0 bridgehead atoms. The van der Waals surface area contributed by atoms with E-state index in [9.17, 15) is 4.79 Å². The molecule has 1 aromatic carbocycles. The van der Waals surface area contributed by atoms with Crippen molar-refractivity contribution in [1.29, 1.82) is 0 Å². The fourth-order valence-electron chi connectivity index (χ4n) is 3.41. The lowest BCUT2D eigenvalue weighted by Crippen LogP contribution is -2.25. The van der Waals surface area contributed by atoms with Crippen LogP contribution in [0.5, 0.6) is 0 Å². The molecule has 0 saturated heterocycles. The number of aromatic nitrogens is 3. The highest BCUT2D eigenvalue weighted by Gasteiger charge is 2.25. The molecule has 0 atom stereocenters. The van der Waals surface area contributed by atoms with Gasteiger partial charge in [0.15, 0.2) is 0 Å². The molecule has 1 amide bonds. The van der Waals surface area contributed by atoms with Gasteiger partial charge in [-0.2, -0.15) is 0 Å². The maximum atomic E-state index is 12.7. The first kappa shape index (κ1) is 16.7. The maximum Gasteiger partial charge on any atom is 0.252 e. The van der Waals surface area contributed by atoms with E-state index in [-0.39, 0.29) is 5.91 Å². The van der Waals surface area contributed by atoms with Gasteiger partial charge < -0.3 is 15.0 Å². The summed E-state index contributed by atoms with van der Waals surface area (Å²) in [5.41, 5.74) is 4.45. The van der Waals surface area contributed by atoms with Gasteiger partial charge in [0.1, 0.15) is 11.5 Å². The Balaban J connectivity index is 1.44. The molecule has 5 rings (SSSR count). The quantitative estimate of drug-likeness (QED) is 0.561. The highest BCUT2D eigenvalue weighted by atomic mass is 16.1. The minimum atomic E-state index is -0.0347. The van der Waals surface area contributed by atoms with Gasteiger partial charge in [0.25, 0.3) is 5.91 Å². The monoisotopic (exact) mass is 371 g/mol. The average molecular weight is 371 g/mol. The molecular formula is C22H21N5O. The second-order valence-electron chi connectivity index (χ2n) is 7.30. The number of para-hydroxylation sites is 1. The predicted molar refractivity (Wildman–Crippen MR) is 109 cm³/mol. The number of nitrogens with one attached hydrogen (secondary N) is 2. The van der Waals surface area contributed by atoms with Gasteiger partial charge in [-0.25, -0.2) is 9.97 Å². The Hall–Kier alpha value is -3.41. The first-order valence-corrected chi connectivity index (χ1v) is 9.55. The number of rotatable bonds is 5. The zero-order valence-corrected chi connectivity index (χ0v) is 15.6. The summed E-state index contributed by atoms with van der Waals surface area (Å²) >= 11 is 0. The molecule has 1 saturated carbocycles. The number of hydrogen-bond donors (Lipinski definition) is 2. The Labute approximate surface area is 162 Å². The van der Waals surface area contributed by atoms with Gasteiger partial charge in [0.05, 0.1) is 23.3 Å². The summed E-state index contributed by atoms with van der Waals surface area (Å²) in [6.45, 7) is 2.59. The van der Waals surface area contributed by atoms with E-state index >= 15 is 0 Å². The van der Waals surface area contributed by atoms with Crippen molar-refractivity contribution >= 4 is 28.3 Å². The minimum absolute atomic E-state index is 0.0347. The number of nitrogens with zero attached hydrogens (tertiary/aromatic N) is 3. The molecule has 28 heavy (non-hydrogen) atoms. The maximum absolute atomic E-state index is 12.7. The van der Waals surface area contributed by atoms with Crippen LogP contribution in [-0.2, 0) is 6.54 Å². The molecule has 1 aliphatic rings. The number of aryl methyl sites for hydroxylation is 1. The molecular weight excluding hydrogens is 350 g/mol. The molecule has 0 unspecified atom stereocenters. The van der Waals surface area contributed by atoms with Gasteiger partial charge in [-0.05, 0) is 44.0 Å². The van der Waals surface area contributed by atoms with Crippen molar-refractivity contribution in [2.45, 2.75) is 32.4 Å². The summed E-state index contributed by atoms with van der Waals surface area (Å²) in [4.78, 5) is 22.0. The van der Waals surface area contributed by atoms with Crippen molar-refractivity contribution in [2.24, 2.45) is 0 Å². The van der Waals surface area contributed by atoms with Crippen LogP contribution >= 0.6 is 0 Å². The van der Waals surface area contributed by atoms with E-state index in [1.165, 1.54) is 0 Å². The molecule has 1 aliphatic carbocycles.